The van der Waals surface area contributed by atoms with Crippen LogP contribution in [0.4, 0.5) is 10.5 Å². The van der Waals surface area contributed by atoms with E-state index in [0.29, 0.717) is 26.2 Å². The van der Waals surface area contributed by atoms with Crippen LogP contribution in [-0.2, 0) is 6.54 Å². The van der Waals surface area contributed by atoms with Crippen molar-refractivity contribution in [1.82, 2.24) is 10.2 Å². The Morgan fingerprint density at radius 3 is 2.39 bits per heavy atom. The molecular formula is C22H27N3O3. The van der Waals surface area contributed by atoms with Crippen LogP contribution in [0.5, 0.6) is 5.75 Å². The maximum Gasteiger partial charge on any atom is 0.317 e. The van der Waals surface area contributed by atoms with E-state index in [-0.39, 0.29) is 11.8 Å². The summed E-state index contributed by atoms with van der Waals surface area (Å²) in [5.74, 6) is 0.887. The average molecular weight is 381 g/mol. The number of ether oxygens (including phenoxy) is 1. The molecule has 6 nitrogen and oxygen atoms in total. The SMILES string of the molecule is CCOc1cccc(CNC(=O)N2CCN(c3ccc(C(C)=O)cc3)CC2)c1. The Kier molecular flexibility index (Phi) is 6.53. The van der Waals surface area contributed by atoms with Crippen molar-refractivity contribution in [1.29, 1.82) is 0 Å². The highest BCUT2D eigenvalue weighted by Crippen LogP contribution is 2.18. The van der Waals surface area contributed by atoms with Gasteiger partial charge in [0.25, 0.3) is 0 Å². The summed E-state index contributed by atoms with van der Waals surface area (Å²) in [5.41, 5.74) is 2.82. The first-order valence-corrected chi connectivity index (χ1v) is 9.67. The molecule has 0 radical (unpaired) electrons. The van der Waals surface area contributed by atoms with Crippen LogP contribution in [0, 0.1) is 0 Å². The van der Waals surface area contributed by atoms with E-state index in [0.717, 1.165) is 35.7 Å². The number of ketones is 1. The molecule has 0 aromatic heterocycles. The smallest absolute Gasteiger partial charge is 0.317 e. The van der Waals surface area contributed by atoms with E-state index >= 15 is 0 Å². The van der Waals surface area contributed by atoms with E-state index < -0.39 is 0 Å². The number of nitrogens with zero attached hydrogens (tertiary/aromatic N) is 2. The number of urea groups is 1. The highest BCUT2D eigenvalue weighted by molar-refractivity contribution is 5.94. The second kappa shape index (κ2) is 9.26. The Bertz CT molecular complexity index is 812. The molecule has 1 aliphatic rings. The van der Waals surface area contributed by atoms with Crippen molar-refractivity contribution in [2.24, 2.45) is 0 Å². The lowest BCUT2D eigenvalue weighted by atomic mass is 10.1. The van der Waals surface area contributed by atoms with E-state index in [1.54, 1.807) is 6.92 Å². The summed E-state index contributed by atoms with van der Waals surface area (Å²) in [6, 6.07) is 15.4. The standard InChI is InChI=1S/C22H27N3O3/c1-3-28-21-6-4-5-18(15-21)16-23-22(27)25-13-11-24(12-14-25)20-9-7-19(8-10-20)17(2)26/h4-10,15H,3,11-14,16H2,1-2H3,(H,23,27). The molecule has 6 heteroatoms. The lowest BCUT2D eigenvalue weighted by Crippen LogP contribution is -2.51. The van der Waals surface area contributed by atoms with E-state index in [9.17, 15) is 9.59 Å². The summed E-state index contributed by atoms with van der Waals surface area (Å²) in [5, 5.41) is 2.99. The quantitative estimate of drug-likeness (QED) is 0.780. The minimum atomic E-state index is -0.0478. The molecule has 1 heterocycles. The first kappa shape index (κ1) is 19.7. The predicted molar refractivity (Wildman–Crippen MR) is 110 cm³/mol. The molecule has 0 bridgehead atoms. The number of piperazine rings is 1. The van der Waals surface area contributed by atoms with Crippen LogP contribution in [0.25, 0.3) is 0 Å². The number of benzene rings is 2. The van der Waals surface area contributed by atoms with Gasteiger partial charge in [-0.25, -0.2) is 4.79 Å². The molecule has 0 spiro atoms. The second-order valence-electron chi connectivity index (χ2n) is 6.82. The first-order valence-electron chi connectivity index (χ1n) is 9.67. The number of rotatable bonds is 6. The van der Waals surface area contributed by atoms with Crippen molar-refractivity contribution in [2.45, 2.75) is 20.4 Å². The van der Waals surface area contributed by atoms with Crippen molar-refractivity contribution in [3.05, 3.63) is 59.7 Å². The highest BCUT2D eigenvalue weighted by atomic mass is 16.5. The maximum absolute atomic E-state index is 12.5. The molecule has 3 rings (SSSR count). The molecule has 0 aliphatic carbocycles. The van der Waals surface area contributed by atoms with Crippen molar-refractivity contribution in [2.75, 3.05) is 37.7 Å². The third kappa shape index (κ3) is 5.03. The molecule has 1 aliphatic heterocycles. The minimum Gasteiger partial charge on any atom is -0.494 e. The van der Waals surface area contributed by atoms with Gasteiger partial charge in [-0.15, -0.1) is 0 Å². The minimum absolute atomic E-state index is 0.0478. The summed E-state index contributed by atoms with van der Waals surface area (Å²) in [4.78, 5) is 27.9. The Hall–Kier alpha value is -3.02. The molecular weight excluding hydrogens is 354 g/mol. The lowest BCUT2D eigenvalue weighted by molar-refractivity contribution is 0.101. The van der Waals surface area contributed by atoms with Crippen molar-refractivity contribution in [3.63, 3.8) is 0 Å². The molecule has 2 aromatic carbocycles. The molecule has 2 amide bonds. The zero-order valence-electron chi connectivity index (χ0n) is 16.5. The lowest BCUT2D eigenvalue weighted by Gasteiger charge is -2.36. The number of carbonyl (C=O) groups is 2. The number of hydrogen-bond donors (Lipinski definition) is 1. The van der Waals surface area contributed by atoms with E-state index in [4.69, 9.17) is 4.74 Å². The Balaban J connectivity index is 1.48. The maximum atomic E-state index is 12.5. The predicted octanol–water partition coefficient (Wildman–Crippen LogP) is 3.32. The largest absolute Gasteiger partial charge is 0.494 e. The summed E-state index contributed by atoms with van der Waals surface area (Å²) in [6.07, 6.45) is 0. The molecule has 0 atom stereocenters. The van der Waals surface area contributed by atoms with Gasteiger partial charge in [0.15, 0.2) is 5.78 Å². The van der Waals surface area contributed by atoms with Gasteiger partial charge in [0.05, 0.1) is 6.61 Å². The average Bonchev–Trinajstić information content (AvgIpc) is 2.73. The zero-order valence-corrected chi connectivity index (χ0v) is 16.5. The highest BCUT2D eigenvalue weighted by Gasteiger charge is 2.21. The number of anilines is 1. The fourth-order valence-electron chi connectivity index (χ4n) is 3.28. The number of nitrogens with one attached hydrogen (secondary N) is 1. The monoisotopic (exact) mass is 381 g/mol. The Morgan fingerprint density at radius 2 is 1.75 bits per heavy atom. The van der Waals surface area contributed by atoms with Crippen LogP contribution < -0.4 is 15.0 Å². The fourth-order valence-corrected chi connectivity index (χ4v) is 3.28. The fraction of sp³-hybridized carbons (Fsp3) is 0.364. The van der Waals surface area contributed by atoms with Crippen LogP contribution in [0.1, 0.15) is 29.8 Å². The molecule has 1 N–H and O–H groups in total. The molecule has 28 heavy (non-hydrogen) atoms. The number of Topliss-reactive ketones (excluding diaryl/α,β-unsaturated/α-hetero) is 1. The number of hydrogen-bond acceptors (Lipinski definition) is 4. The topological polar surface area (TPSA) is 61.9 Å². The zero-order chi connectivity index (χ0) is 19.9. The van der Waals surface area contributed by atoms with Gasteiger partial charge in [-0.2, -0.15) is 0 Å². The second-order valence-corrected chi connectivity index (χ2v) is 6.82. The van der Waals surface area contributed by atoms with Gasteiger partial charge < -0.3 is 19.9 Å². The van der Waals surface area contributed by atoms with Crippen LogP contribution >= 0.6 is 0 Å². The normalized spacial score (nSPS) is 13.9. The van der Waals surface area contributed by atoms with E-state index in [2.05, 4.69) is 10.2 Å². The molecule has 148 valence electrons. The van der Waals surface area contributed by atoms with Crippen molar-refractivity contribution in [3.8, 4) is 5.75 Å². The summed E-state index contributed by atoms with van der Waals surface area (Å²) in [6.45, 7) is 7.49. The summed E-state index contributed by atoms with van der Waals surface area (Å²) in [7, 11) is 0. The molecule has 2 aromatic rings. The number of amides is 2. The number of carbonyl (C=O) groups excluding carboxylic acids is 2. The van der Waals surface area contributed by atoms with Gasteiger partial charge in [-0.3, -0.25) is 4.79 Å². The molecule has 1 fully saturated rings. The van der Waals surface area contributed by atoms with Gasteiger partial charge in [-0.1, -0.05) is 12.1 Å². The van der Waals surface area contributed by atoms with Crippen molar-refractivity contribution < 1.29 is 14.3 Å². The molecule has 1 saturated heterocycles. The van der Waals surface area contributed by atoms with Gasteiger partial charge in [0, 0.05) is 44.0 Å². The molecule has 0 unspecified atom stereocenters. The third-order valence-corrected chi connectivity index (χ3v) is 4.86. The van der Waals surface area contributed by atoms with Gasteiger partial charge in [0.2, 0.25) is 0 Å². The summed E-state index contributed by atoms with van der Waals surface area (Å²) < 4.78 is 5.50. The van der Waals surface area contributed by atoms with Crippen LogP contribution in [0.15, 0.2) is 48.5 Å². The van der Waals surface area contributed by atoms with Crippen LogP contribution in [0.2, 0.25) is 0 Å². The van der Waals surface area contributed by atoms with Gasteiger partial charge in [-0.05, 0) is 55.8 Å². The van der Waals surface area contributed by atoms with Gasteiger partial charge in [0.1, 0.15) is 5.75 Å². The molecule has 0 saturated carbocycles. The first-order chi connectivity index (χ1) is 13.6. The summed E-state index contributed by atoms with van der Waals surface area (Å²) >= 11 is 0. The van der Waals surface area contributed by atoms with E-state index in [1.165, 1.54) is 0 Å². The Morgan fingerprint density at radius 1 is 1.04 bits per heavy atom. The van der Waals surface area contributed by atoms with Crippen LogP contribution in [0.3, 0.4) is 0 Å². The van der Waals surface area contributed by atoms with Crippen LogP contribution in [-0.4, -0.2) is 49.5 Å². The van der Waals surface area contributed by atoms with Crippen molar-refractivity contribution >= 4 is 17.5 Å². The van der Waals surface area contributed by atoms with Gasteiger partial charge >= 0.3 is 6.03 Å². The third-order valence-electron chi connectivity index (χ3n) is 4.86. The Labute approximate surface area is 166 Å². The van der Waals surface area contributed by atoms with E-state index in [1.807, 2.05) is 60.4 Å².